The van der Waals surface area contributed by atoms with E-state index < -0.39 is 5.82 Å². The molecule has 34 heavy (non-hydrogen) atoms. The Balaban J connectivity index is 1.39. The maximum atomic E-state index is 13.3. The summed E-state index contributed by atoms with van der Waals surface area (Å²) >= 11 is 13.0. The number of benzene rings is 2. The van der Waals surface area contributed by atoms with Gasteiger partial charge in [0.25, 0.3) is 0 Å². The van der Waals surface area contributed by atoms with Crippen molar-refractivity contribution >= 4 is 62.4 Å². The number of thioether (sulfide) groups is 1. The molecule has 0 saturated heterocycles. The first kappa shape index (κ1) is 24.1. The van der Waals surface area contributed by atoms with Gasteiger partial charge in [0, 0.05) is 24.5 Å². The second kappa shape index (κ2) is 11.4. The summed E-state index contributed by atoms with van der Waals surface area (Å²) in [5.74, 6) is -0.456. The summed E-state index contributed by atoms with van der Waals surface area (Å²) in [6.07, 6.45) is 3.46. The predicted molar refractivity (Wildman–Crippen MR) is 144 cm³/mol. The first-order chi connectivity index (χ1) is 16.5. The summed E-state index contributed by atoms with van der Waals surface area (Å²) < 4.78 is 13.3. The second-order valence-electron chi connectivity index (χ2n) is 7.53. The molecule has 1 aromatic heterocycles. The smallest absolute Gasteiger partial charge is 0.193 e. The Morgan fingerprint density at radius 1 is 1.18 bits per heavy atom. The van der Waals surface area contributed by atoms with Crippen LogP contribution < -0.4 is 10.6 Å². The molecule has 0 amide bonds. The number of hydrogen-bond acceptors (Lipinski definition) is 5. The minimum atomic E-state index is -0.456. The molecule has 0 saturated carbocycles. The van der Waals surface area contributed by atoms with E-state index in [1.807, 2.05) is 30.3 Å². The molecule has 0 radical (unpaired) electrons. The number of pyridine rings is 1. The molecule has 2 heterocycles. The van der Waals surface area contributed by atoms with Gasteiger partial charge in [-0.15, -0.1) is 0 Å². The molecule has 1 aliphatic heterocycles. The summed E-state index contributed by atoms with van der Waals surface area (Å²) in [5, 5.41) is 8.39. The van der Waals surface area contributed by atoms with E-state index >= 15 is 0 Å². The van der Waals surface area contributed by atoms with Crippen LogP contribution in [0.5, 0.6) is 0 Å². The van der Waals surface area contributed by atoms with Gasteiger partial charge in [-0.25, -0.2) is 4.39 Å². The molecule has 2 N–H and O–H groups in total. The van der Waals surface area contributed by atoms with Gasteiger partial charge in [-0.2, -0.15) is 4.99 Å². The number of amidine groups is 2. The summed E-state index contributed by atoms with van der Waals surface area (Å²) in [7, 11) is 0. The fourth-order valence-corrected chi connectivity index (χ4v) is 4.31. The van der Waals surface area contributed by atoms with Gasteiger partial charge < -0.3 is 15.5 Å². The third-order valence-electron chi connectivity index (χ3n) is 4.95. The van der Waals surface area contributed by atoms with Crippen molar-refractivity contribution in [3.63, 3.8) is 0 Å². The van der Waals surface area contributed by atoms with Crippen LogP contribution in [0, 0.1) is 5.82 Å². The summed E-state index contributed by atoms with van der Waals surface area (Å²) in [6.45, 7) is 3.24. The third-order valence-corrected chi connectivity index (χ3v) is 6.36. The molecule has 174 valence electrons. The zero-order chi connectivity index (χ0) is 23.9. The van der Waals surface area contributed by atoms with E-state index in [9.17, 15) is 4.39 Å². The fourth-order valence-electron chi connectivity index (χ4n) is 3.15. The molecule has 0 bridgehead atoms. The molecule has 1 aliphatic rings. The topological polar surface area (TPSA) is 64.9 Å². The molecular weight excluding hydrogens is 491 g/mol. The van der Waals surface area contributed by atoms with Gasteiger partial charge >= 0.3 is 0 Å². The van der Waals surface area contributed by atoms with E-state index in [2.05, 4.69) is 49.6 Å². The molecule has 4 rings (SSSR count). The zero-order valence-corrected chi connectivity index (χ0v) is 20.7. The van der Waals surface area contributed by atoms with Crippen molar-refractivity contribution in [2.45, 2.75) is 19.5 Å². The Bertz CT molecular complexity index is 1210. The lowest BCUT2D eigenvalue weighted by Gasteiger charge is -2.31. The second-order valence-corrected chi connectivity index (χ2v) is 9.28. The average molecular weight is 513 g/mol. The lowest BCUT2D eigenvalue weighted by molar-refractivity contribution is 0.334. The summed E-state index contributed by atoms with van der Waals surface area (Å²) in [6, 6.07) is 18.4. The molecule has 0 spiro atoms. The number of aliphatic imine (C=N–C) groups is 2. The van der Waals surface area contributed by atoms with Crippen LogP contribution in [0.1, 0.15) is 12.5 Å². The number of nitrogens with zero attached hydrogens (tertiary/aromatic N) is 4. The first-order valence-corrected chi connectivity index (χ1v) is 12.1. The number of hydrogen-bond donors (Lipinski definition) is 2. The summed E-state index contributed by atoms with van der Waals surface area (Å²) in [4.78, 5) is 15.3. The number of halogens is 2. The van der Waals surface area contributed by atoms with Crippen molar-refractivity contribution in [2.75, 3.05) is 17.2 Å². The normalized spacial score (nSPS) is 14.7. The van der Waals surface area contributed by atoms with Crippen molar-refractivity contribution in [3.05, 3.63) is 89.5 Å². The van der Waals surface area contributed by atoms with Gasteiger partial charge in [-0.1, -0.05) is 41.9 Å². The van der Waals surface area contributed by atoms with Crippen molar-refractivity contribution in [2.24, 2.45) is 9.98 Å². The number of anilines is 2. The lowest BCUT2D eigenvalue weighted by atomic mass is 10.2. The van der Waals surface area contributed by atoms with E-state index in [0.717, 1.165) is 11.3 Å². The molecule has 0 unspecified atom stereocenters. The Morgan fingerprint density at radius 3 is 2.68 bits per heavy atom. The monoisotopic (exact) mass is 512 g/mol. The van der Waals surface area contributed by atoms with E-state index in [-0.39, 0.29) is 11.1 Å². The van der Waals surface area contributed by atoms with E-state index in [1.54, 1.807) is 18.5 Å². The van der Waals surface area contributed by atoms with E-state index in [4.69, 9.17) is 23.8 Å². The molecule has 0 fully saturated rings. The van der Waals surface area contributed by atoms with Gasteiger partial charge in [0.2, 0.25) is 0 Å². The Morgan fingerprint density at radius 2 is 1.97 bits per heavy atom. The van der Waals surface area contributed by atoms with Crippen LogP contribution in [0.15, 0.2) is 83.0 Å². The first-order valence-electron chi connectivity index (χ1n) is 10.5. The van der Waals surface area contributed by atoms with Crippen LogP contribution in [-0.4, -0.2) is 37.9 Å². The SMILES string of the molecule is C[C@@H](CN=C1N=C(Nc2ccc(F)c(Cl)c2)S1)N(Cc1ccccc1)C(=S)Nc1cccnc1. The lowest BCUT2D eigenvalue weighted by Crippen LogP contribution is -2.42. The Kier molecular flexibility index (Phi) is 8.10. The molecule has 0 aliphatic carbocycles. The number of rotatable bonds is 7. The fraction of sp³-hybridized carbons (Fsp3) is 0.167. The van der Waals surface area contributed by atoms with Gasteiger partial charge in [0.05, 0.1) is 23.5 Å². The molecular formula is C24H22ClFN6S2. The predicted octanol–water partition coefficient (Wildman–Crippen LogP) is 6.03. The Labute approximate surface area is 212 Å². The number of aromatic nitrogens is 1. The quantitative estimate of drug-likeness (QED) is 0.377. The van der Waals surface area contributed by atoms with Gasteiger partial charge in [-0.05, 0) is 66.8 Å². The highest BCUT2D eigenvalue weighted by molar-refractivity contribution is 8.29. The molecule has 10 heteroatoms. The highest BCUT2D eigenvalue weighted by Crippen LogP contribution is 2.25. The van der Waals surface area contributed by atoms with Crippen molar-refractivity contribution in [3.8, 4) is 0 Å². The highest BCUT2D eigenvalue weighted by Gasteiger charge is 2.21. The zero-order valence-electron chi connectivity index (χ0n) is 18.3. The van der Waals surface area contributed by atoms with Crippen LogP contribution in [0.25, 0.3) is 0 Å². The van der Waals surface area contributed by atoms with Crippen LogP contribution in [0.2, 0.25) is 5.02 Å². The van der Waals surface area contributed by atoms with Crippen LogP contribution in [0.4, 0.5) is 15.8 Å². The van der Waals surface area contributed by atoms with Crippen LogP contribution >= 0.6 is 35.6 Å². The molecule has 2 aromatic carbocycles. The van der Waals surface area contributed by atoms with E-state index in [0.29, 0.717) is 34.2 Å². The van der Waals surface area contributed by atoms with Crippen molar-refractivity contribution in [1.29, 1.82) is 0 Å². The van der Waals surface area contributed by atoms with Gasteiger partial charge in [0.15, 0.2) is 15.4 Å². The molecule has 3 aromatic rings. The third kappa shape index (κ3) is 6.53. The maximum Gasteiger partial charge on any atom is 0.193 e. The highest BCUT2D eigenvalue weighted by atomic mass is 35.5. The summed E-state index contributed by atoms with van der Waals surface area (Å²) in [5.41, 5.74) is 2.66. The largest absolute Gasteiger partial charge is 0.340 e. The van der Waals surface area contributed by atoms with Gasteiger partial charge in [-0.3, -0.25) is 9.98 Å². The Hall–Kier alpha value is -3.01. The number of nitrogens with one attached hydrogen (secondary N) is 2. The van der Waals surface area contributed by atoms with Crippen molar-refractivity contribution < 1.29 is 4.39 Å². The van der Waals surface area contributed by atoms with E-state index in [1.165, 1.54) is 23.9 Å². The van der Waals surface area contributed by atoms with Crippen molar-refractivity contribution in [1.82, 2.24) is 9.88 Å². The molecule has 6 nitrogen and oxygen atoms in total. The standard InChI is InChI=1S/C24H22ClFN6S2/c1-16(13-28-22-31-23(34-22)29-18-9-10-21(26)20(25)12-18)32(15-17-6-3-2-4-7-17)24(33)30-19-8-5-11-27-14-19/h2-12,14,16H,13,15H2,1H3,(H,30,33)(H,28,29,31)/t16-/m0/s1. The van der Waals surface area contributed by atoms with Crippen LogP contribution in [-0.2, 0) is 6.54 Å². The number of thiocarbonyl (C=S) groups is 1. The minimum absolute atomic E-state index is 0.0214. The van der Waals surface area contributed by atoms with Gasteiger partial charge in [0.1, 0.15) is 5.82 Å². The average Bonchev–Trinajstić information content (AvgIpc) is 2.82. The minimum Gasteiger partial charge on any atom is -0.340 e. The van der Waals surface area contributed by atoms with Crippen LogP contribution in [0.3, 0.4) is 0 Å². The maximum absolute atomic E-state index is 13.3. The molecule has 1 atom stereocenters.